The molecule has 0 saturated heterocycles. The Morgan fingerprint density at radius 2 is 2.04 bits per heavy atom. The summed E-state index contributed by atoms with van der Waals surface area (Å²) in [5.41, 5.74) is 3.59. The van der Waals surface area contributed by atoms with Gasteiger partial charge in [0.25, 0.3) is 0 Å². The minimum Gasteiger partial charge on any atom is -0.325 e. The van der Waals surface area contributed by atoms with E-state index in [0.717, 1.165) is 40.7 Å². The number of nitrogens with one attached hydrogen (secondary N) is 2. The lowest BCUT2D eigenvalue weighted by atomic mass is 10.1. The predicted molar refractivity (Wildman–Crippen MR) is 110 cm³/mol. The number of hydrogen-bond acceptors (Lipinski definition) is 4. The van der Waals surface area contributed by atoms with Crippen molar-refractivity contribution in [1.29, 1.82) is 0 Å². The second-order valence-corrected chi connectivity index (χ2v) is 7.60. The molecule has 1 aliphatic rings. The maximum absolute atomic E-state index is 12.5. The molecule has 6 heteroatoms. The number of benzene rings is 2. The van der Waals surface area contributed by atoms with Gasteiger partial charge in [-0.3, -0.25) is 14.6 Å². The van der Waals surface area contributed by atoms with Gasteiger partial charge in [0, 0.05) is 17.3 Å². The minimum atomic E-state index is -0.239. The minimum absolute atomic E-state index is 0.0351. The number of nitrogens with zero attached hydrogens (tertiary/aromatic N) is 1. The molecule has 0 spiro atoms. The maximum atomic E-state index is 12.5. The summed E-state index contributed by atoms with van der Waals surface area (Å²) in [4.78, 5) is 29.2. The van der Waals surface area contributed by atoms with E-state index in [1.54, 1.807) is 6.20 Å². The van der Waals surface area contributed by atoms with Crippen molar-refractivity contribution in [2.24, 2.45) is 0 Å². The molecule has 0 radical (unpaired) electrons. The van der Waals surface area contributed by atoms with Crippen LogP contribution in [0.2, 0.25) is 0 Å². The summed E-state index contributed by atoms with van der Waals surface area (Å²) in [5.74, 6) is 0.0727. The fourth-order valence-electron chi connectivity index (χ4n) is 3.23. The third kappa shape index (κ3) is 3.95. The topological polar surface area (TPSA) is 71.1 Å². The van der Waals surface area contributed by atoms with Crippen molar-refractivity contribution in [3.05, 3.63) is 66.4 Å². The van der Waals surface area contributed by atoms with Gasteiger partial charge in [-0.15, -0.1) is 11.8 Å². The highest BCUT2D eigenvalue weighted by Gasteiger charge is 2.24. The zero-order valence-corrected chi connectivity index (χ0v) is 15.5. The lowest BCUT2D eigenvalue weighted by Gasteiger charge is -2.13. The number of aryl methyl sites for hydroxylation is 1. The molecule has 27 heavy (non-hydrogen) atoms. The lowest BCUT2D eigenvalue weighted by molar-refractivity contribution is -0.115. The van der Waals surface area contributed by atoms with Gasteiger partial charge in [-0.2, -0.15) is 0 Å². The van der Waals surface area contributed by atoms with Crippen molar-refractivity contribution in [1.82, 2.24) is 4.98 Å². The van der Waals surface area contributed by atoms with Crippen LogP contribution in [-0.4, -0.2) is 27.8 Å². The first-order chi connectivity index (χ1) is 13.2. The van der Waals surface area contributed by atoms with Crippen LogP contribution in [0.15, 0.2) is 60.8 Å². The van der Waals surface area contributed by atoms with Gasteiger partial charge in [0.05, 0.1) is 22.2 Å². The molecule has 3 aromatic rings. The van der Waals surface area contributed by atoms with Crippen LogP contribution in [0.1, 0.15) is 12.0 Å². The van der Waals surface area contributed by atoms with Gasteiger partial charge in [-0.25, -0.2) is 0 Å². The van der Waals surface area contributed by atoms with Crippen LogP contribution in [0.25, 0.3) is 10.9 Å². The Bertz CT molecular complexity index is 1000. The average molecular weight is 377 g/mol. The Balaban J connectivity index is 1.39. The molecule has 2 aromatic carbocycles. The highest BCUT2D eigenvalue weighted by atomic mass is 32.2. The van der Waals surface area contributed by atoms with Crippen molar-refractivity contribution < 1.29 is 9.59 Å². The molecule has 4 rings (SSSR count). The number of carbonyl (C=O) groups is 2. The van der Waals surface area contributed by atoms with E-state index in [1.807, 2.05) is 54.6 Å². The summed E-state index contributed by atoms with van der Waals surface area (Å²) in [5, 5.41) is 6.58. The third-order valence-electron chi connectivity index (χ3n) is 4.58. The Morgan fingerprint density at radius 3 is 2.96 bits per heavy atom. The second-order valence-electron chi connectivity index (χ2n) is 6.41. The van der Waals surface area contributed by atoms with Crippen LogP contribution in [-0.2, 0) is 16.0 Å². The van der Waals surface area contributed by atoms with E-state index in [0.29, 0.717) is 0 Å². The molecular formula is C21H19N3O2S. The van der Waals surface area contributed by atoms with Gasteiger partial charge >= 0.3 is 0 Å². The van der Waals surface area contributed by atoms with E-state index in [4.69, 9.17) is 0 Å². The molecule has 136 valence electrons. The van der Waals surface area contributed by atoms with Crippen molar-refractivity contribution in [3.8, 4) is 0 Å². The molecule has 2 amide bonds. The standard InChI is InChI=1S/C21H19N3O2S/c25-20(23-18-9-3-8-17-15(18)6-4-12-22-17)13-27-19-11-10-14-5-1-2-7-16(14)24-21(19)26/h1-9,12,19H,10-11,13H2,(H,23,25)(H,24,26)/t19-/m0/s1. The number of para-hydroxylation sites is 1. The van der Waals surface area contributed by atoms with E-state index in [-0.39, 0.29) is 22.8 Å². The number of hydrogen-bond donors (Lipinski definition) is 2. The average Bonchev–Trinajstić information content (AvgIpc) is 2.85. The predicted octanol–water partition coefficient (Wildman–Crippen LogP) is 3.86. The van der Waals surface area contributed by atoms with Crippen LogP contribution in [0.3, 0.4) is 0 Å². The van der Waals surface area contributed by atoms with Crippen LogP contribution in [0, 0.1) is 0 Å². The van der Waals surface area contributed by atoms with E-state index >= 15 is 0 Å². The molecule has 2 heterocycles. The molecule has 1 aliphatic heterocycles. The van der Waals surface area contributed by atoms with E-state index < -0.39 is 0 Å². The zero-order chi connectivity index (χ0) is 18.6. The third-order valence-corrected chi connectivity index (χ3v) is 5.86. The summed E-state index contributed by atoms with van der Waals surface area (Å²) in [6.45, 7) is 0. The van der Waals surface area contributed by atoms with Gasteiger partial charge in [-0.05, 0) is 48.7 Å². The van der Waals surface area contributed by atoms with Gasteiger partial charge < -0.3 is 10.6 Å². The summed E-state index contributed by atoms with van der Waals surface area (Å²) in [6.07, 6.45) is 3.27. The maximum Gasteiger partial charge on any atom is 0.237 e. The SMILES string of the molecule is O=C(CS[C@H]1CCc2ccccc2NC1=O)Nc1cccc2ncccc12. The number of thioether (sulfide) groups is 1. The fraction of sp³-hybridized carbons (Fsp3) is 0.190. The molecule has 0 fully saturated rings. The molecule has 0 saturated carbocycles. The zero-order valence-electron chi connectivity index (χ0n) is 14.6. The molecule has 1 atom stereocenters. The second kappa shape index (κ2) is 7.80. The summed E-state index contributed by atoms with van der Waals surface area (Å²) in [7, 11) is 0. The van der Waals surface area contributed by atoms with Gasteiger partial charge in [-0.1, -0.05) is 24.3 Å². The number of amides is 2. The smallest absolute Gasteiger partial charge is 0.237 e. The Morgan fingerprint density at radius 1 is 1.15 bits per heavy atom. The van der Waals surface area contributed by atoms with Crippen molar-refractivity contribution >= 4 is 45.9 Å². The highest BCUT2D eigenvalue weighted by molar-refractivity contribution is 8.01. The first-order valence-electron chi connectivity index (χ1n) is 8.85. The number of carbonyl (C=O) groups excluding carboxylic acids is 2. The fourth-order valence-corrected chi connectivity index (χ4v) is 4.14. The number of anilines is 2. The molecule has 0 unspecified atom stereocenters. The summed E-state index contributed by atoms with van der Waals surface area (Å²) < 4.78 is 0. The van der Waals surface area contributed by atoms with E-state index in [2.05, 4.69) is 15.6 Å². The highest BCUT2D eigenvalue weighted by Crippen LogP contribution is 2.27. The lowest BCUT2D eigenvalue weighted by Crippen LogP contribution is -2.26. The molecule has 2 N–H and O–H groups in total. The number of pyridine rings is 1. The molecule has 0 aliphatic carbocycles. The van der Waals surface area contributed by atoms with E-state index in [9.17, 15) is 9.59 Å². The van der Waals surface area contributed by atoms with Crippen molar-refractivity contribution in [2.75, 3.05) is 16.4 Å². The Kier molecular flexibility index (Phi) is 5.07. The summed E-state index contributed by atoms with van der Waals surface area (Å²) in [6, 6.07) is 17.3. The number of aromatic nitrogens is 1. The normalized spacial score (nSPS) is 16.3. The van der Waals surface area contributed by atoms with Gasteiger partial charge in [0.1, 0.15) is 0 Å². The van der Waals surface area contributed by atoms with Gasteiger partial charge in [0.15, 0.2) is 0 Å². The molecular weight excluding hydrogens is 358 g/mol. The van der Waals surface area contributed by atoms with Crippen molar-refractivity contribution in [3.63, 3.8) is 0 Å². The molecule has 0 bridgehead atoms. The Labute approximate surface area is 161 Å². The largest absolute Gasteiger partial charge is 0.325 e. The van der Waals surface area contributed by atoms with Crippen molar-refractivity contribution in [2.45, 2.75) is 18.1 Å². The molecule has 5 nitrogen and oxygen atoms in total. The van der Waals surface area contributed by atoms with Crippen LogP contribution in [0.4, 0.5) is 11.4 Å². The Hall–Kier alpha value is -2.86. The van der Waals surface area contributed by atoms with Crippen LogP contribution < -0.4 is 10.6 Å². The quantitative estimate of drug-likeness (QED) is 0.724. The first-order valence-corrected chi connectivity index (χ1v) is 9.89. The summed E-state index contributed by atoms with van der Waals surface area (Å²) >= 11 is 1.38. The number of rotatable bonds is 4. The first kappa shape index (κ1) is 17.5. The molecule has 1 aromatic heterocycles. The van der Waals surface area contributed by atoms with Crippen LogP contribution >= 0.6 is 11.8 Å². The van der Waals surface area contributed by atoms with Crippen LogP contribution in [0.5, 0.6) is 0 Å². The number of fused-ring (bicyclic) bond motifs is 2. The monoisotopic (exact) mass is 377 g/mol. The van der Waals surface area contributed by atoms with Gasteiger partial charge in [0.2, 0.25) is 11.8 Å². The van der Waals surface area contributed by atoms with E-state index in [1.165, 1.54) is 11.8 Å².